The number of aliphatic hydroxyl groups is 1. The average Bonchev–Trinajstić information content (AvgIpc) is 2.41. The number of aryl methyl sites for hydroxylation is 1. The van der Waals surface area contributed by atoms with Crippen molar-refractivity contribution in [2.75, 3.05) is 5.73 Å². The molecule has 1 aromatic heterocycles. The van der Waals surface area contributed by atoms with E-state index in [0.717, 1.165) is 17.5 Å². The average molecular weight is 242 g/mol. The first-order valence-corrected chi connectivity index (χ1v) is 6.16. The predicted octanol–water partition coefficient (Wildman–Crippen LogP) is 2.50. The largest absolute Gasteiger partial charge is 0.398 e. The second-order valence-electron chi connectivity index (χ2n) is 4.39. The number of nitrogens with zero attached hydrogens (tertiary/aromatic N) is 1. The molecule has 0 saturated carbocycles. The number of benzene rings is 1. The SMILES string of the molecule is CCc1ccc(C(O)Cc2cnccc2N)cc1. The van der Waals surface area contributed by atoms with Gasteiger partial charge in [-0.25, -0.2) is 0 Å². The molecule has 0 fully saturated rings. The number of pyridine rings is 1. The molecule has 1 atom stereocenters. The van der Waals surface area contributed by atoms with Gasteiger partial charge < -0.3 is 10.8 Å². The van der Waals surface area contributed by atoms with Crippen LogP contribution in [0.15, 0.2) is 42.7 Å². The topological polar surface area (TPSA) is 59.1 Å². The highest BCUT2D eigenvalue weighted by atomic mass is 16.3. The second kappa shape index (κ2) is 5.65. The summed E-state index contributed by atoms with van der Waals surface area (Å²) in [5, 5.41) is 10.2. The Balaban J connectivity index is 2.11. The molecule has 0 saturated heterocycles. The Kier molecular flexibility index (Phi) is 3.95. The van der Waals surface area contributed by atoms with Crippen molar-refractivity contribution in [2.45, 2.75) is 25.9 Å². The molecule has 2 aromatic rings. The molecule has 0 aliphatic carbocycles. The number of nitrogens with two attached hydrogens (primary N) is 1. The van der Waals surface area contributed by atoms with Crippen LogP contribution in [0, 0.1) is 0 Å². The molecule has 1 heterocycles. The van der Waals surface area contributed by atoms with Crippen LogP contribution in [-0.4, -0.2) is 10.1 Å². The number of anilines is 1. The Morgan fingerprint density at radius 1 is 1.22 bits per heavy atom. The van der Waals surface area contributed by atoms with Crippen molar-refractivity contribution in [2.24, 2.45) is 0 Å². The van der Waals surface area contributed by atoms with Crippen LogP contribution in [-0.2, 0) is 12.8 Å². The Hall–Kier alpha value is -1.87. The van der Waals surface area contributed by atoms with Crippen molar-refractivity contribution in [1.29, 1.82) is 0 Å². The molecule has 18 heavy (non-hydrogen) atoms. The smallest absolute Gasteiger partial charge is 0.0831 e. The predicted molar refractivity (Wildman–Crippen MR) is 73.1 cm³/mol. The third-order valence-corrected chi connectivity index (χ3v) is 3.13. The molecule has 2 rings (SSSR count). The Morgan fingerprint density at radius 3 is 2.56 bits per heavy atom. The van der Waals surface area contributed by atoms with Crippen molar-refractivity contribution < 1.29 is 5.11 Å². The van der Waals surface area contributed by atoms with E-state index in [4.69, 9.17) is 5.73 Å². The van der Waals surface area contributed by atoms with E-state index in [9.17, 15) is 5.11 Å². The highest BCUT2D eigenvalue weighted by molar-refractivity contribution is 5.45. The van der Waals surface area contributed by atoms with E-state index in [1.165, 1.54) is 5.56 Å². The summed E-state index contributed by atoms with van der Waals surface area (Å²) in [7, 11) is 0. The van der Waals surface area contributed by atoms with Gasteiger partial charge in [0.05, 0.1) is 6.10 Å². The number of rotatable bonds is 4. The second-order valence-corrected chi connectivity index (χ2v) is 4.39. The van der Waals surface area contributed by atoms with Crippen LogP contribution in [0.3, 0.4) is 0 Å². The van der Waals surface area contributed by atoms with E-state index in [0.29, 0.717) is 12.1 Å². The summed E-state index contributed by atoms with van der Waals surface area (Å²) in [6, 6.07) is 9.78. The van der Waals surface area contributed by atoms with Gasteiger partial charge >= 0.3 is 0 Å². The summed E-state index contributed by atoms with van der Waals surface area (Å²) >= 11 is 0. The fourth-order valence-corrected chi connectivity index (χ4v) is 1.91. The summed E-state index contributed by atoms with van der Waals surface area (Å²) < 4.78 is 0. The van der Waals surface area contributed by atoms with Crippen LogP contribution in [0.4, 0.5) is 5.69 Å². The van der Waals surface area contributed by atoms with Crippen molar-refractivity contribution in [3.63, 3.8) is 0 Å². The van der Waals surface area contributed by atoms with Crippen LogP contribution < -0.4 is 5.73 Å². The van der Waals surface area contributed by atoms with Crippen LogP contribution in [0.1, 0.15) is 29.7 Å². The maximum absolute atomic E-state index is 10.2. The Labute approximate surface area is 107 Å². The third kappa shape index (κ3) is 2.87. The summed E-state index contributed by atoms with van der Waals surface area (Å²) in [6.45, 7) is 2.11. The van der Waals surface area contributed by atoms with E-state index < -0.39 is 6.10 Å². The van der Waals surface area contributed by atoms with Crippen molar-refractivity contribution in [3.8, 4) is 0 Å². The summed E-state index contributed by atoms with van der Waals surface area (Å²) in [5.41, 5.74) is 9.58. The van der Waals surface area contributed by atoms with Crippen molar-refractivity contribution in [1.82, 2.24) is 4.98 Å². The van der Waals surface area contributed by atoms with E-state index in [1.54, 1.807) is 18.5 Å². The monoisotopic (exact) mass is 242 g/mol. The maximum Gasteiger partial charge on any atom is 0.0831 e. The molecule has 0 aliphatic rings. The van der Waals surface area contributed by atoms with Gasteiger partial charge in [0.15, 0.2) is 0 Å². The molecule has 0 amide bonds. The van der Waals surface area contributed by atoms with E-state index in [-0.39, 0.29) is 0 Å². The number of aromatic nitrogens is 1. The van der Waals surface area contributed by atoms with E-state index >= 15 is 0 Å². The fraction of sp³-hybridized carbons (Fsp3) is 0.267. The molecule has 3 N–H and O–H groups in total. The van der Waals surface area contributed by atoms with Gasteiger partial charge in [-0.05, 0) is 29.2 Å². The first kappa shape index (κ1) is 12.6. The number of aliphatic hydroxyl groups excluding tert-OH is 1. The molecule has 94 valence electrons. The van der Waals surface area contributed by atoms with Gasteiger partial charge in [-0.2, -0.15) is 0 Å². The van der Waals surface area contributed by atoms with Gasteiger partial charge in [0.2, 0.25) is 0 Å². The van der Waals surface area contributed by atoms with Gasteiger partial charge in [0.1, 0.15) is 0 Å². The lowest BCUT2D eigenvalue weighted by Gasteiger charge is -2.12. The van der Waals surface area contributed by atoms with E-state index in [1.807, 2.05) is 24.3 Å². The van der Waals surface area contributed by atoms with Gasteiger partial charge in [-0.3, -0.25) is 4.98 Å². The molecular formula is C15H18N2O. The normalized spacial score (nSPS) is 12.3. The first-order valence-electron chi connectivity index (χ1n) is 6.16. The molecule has 0 spiro atoms. The van der Waals surface area contributed by atoms with Crippen LogP contribution in [0.5, 0.6) is 0 Å². The summed E-state index contributed by atoms with van der Waals surface area (Å²) in [4.78, 5) is 4.03. The minimum absolute atomic E-state index is 0.491. The van der Waals surface area contributed by atoms with Crippen LogP contribution >= 0.6 is 0 Å². The number of hydrogen-bond acceptors (Lipinski definition) is 3. The Morgan fingerprint density at radius 2 is 1.94 bits per heavy atom. The minimum atomic E-state index is -0.539. The number of hydrogen-bond donors (Lipinski definition) is 2. The highest BCUT2D eigenvalue weighted by Crippen LogP contribution is 2.21. The van der Waals surface area contributed by atoms with Crippen molar-refractivity contribution in [3.05, 3.63) is 59.4 Å². The molecule has 0 radical (unpaired) electrons. The third-order valence-electron chi connectivity index (χ3n) is 3.13. The molecule has 0 aliphatic heterocycles. The summed E-state index contributed by atoms with van der Waals surface area (Å²) in [5.74, 6) is 0. The first-order chi connectivity index (χ1) is 8.70. The van der Waals surface area contributed by atoms with E-state index in [2.05, 4.69) is 11.9 Å². The Bertz CT molecular complexity index is 508. The lowest BCUT2D eigenvalue weighted by atomic mass is 10.00. The van der Waals surface area contributed by atoms with Crippen molar-refractivity contribution >= 4 is 5.69 Å². The fourth-order valence-electron chi connectivity index (χ4n) is 1.91. The summed E-state index contributed by atoms with van der Waals surface area (Å²) in [6.07, 6.45) is 4.32. The van der Waals surface area contributed by atoms with Gasteiger partial charge in [-0.15, -0.1) is 0 Å². The minimum Gasteiger partial charge on any atom is -0.398 e. The lowest BCUT2D eigenvalue weighted by molar-refractivity contribution is 0.178. The molecular weight excluding hydrogens is 224 g/mol. The lowest BCUT2D eigenvalue weighted by Crippen LogP contribution is -2.04. The molecule has 1 aromatic carbocycles. The van der Waals surface area contributed by atoms with Gasteiger partial charge in [0.25, 0.3) is 0 Å². The number of nitrogen functional groups attached to an aromatic ring is 1. The van der Waals surface area contributed by atoms with Crippen LogP contribution in [0.2, 0.25) is 0 Å². The maximum atomic E-state index is 10.2. The van der Waals surface area contributed by atoms with Gasteiger partial charge in [-0.1, -0.05) is 31.2 Å². The standard InChI is InChI=1S/C15H18N2O/c1-2-11-3-5-12(6-4-11)15(18)9-13-10-17-8-7-14(13)16/h3-8,10,15,18H,2,9H2,1H3,(H2,16,17). The zero-order valence-corrected chi connectivity index (χ0v) is 10.5. The molecule has 3 nitrogen and oxygen atoms in total. The van der Waals surface area contributed by atoms with Crippen LogP contribution in [0.25, 0.3) is 0 Å². The zero-order chi connectivity index (χ0) is 13.0. The quantitative estimate of drug-likeness (QED) is 0.866. The molecule has 1 unspecified atom stereocenters. The van der Waals surface area contributed by atoms with Gasteiger partial charge in [0, 0.05) is 24.5 Å². The molecule has 3 heteroatoms. The highest BCUT2D eigenvalue weighted by Gasteiger charge is 2.10. The molecule has 0 bridgehead atoms. The zero-order valence-electron chi connectivity index (χ0n) is 10.5.